The summed E-state index contributed by atoms with van der Waals surface area (Å²) in [5.74, 6) is -1.54. The van der Waals surface area contributed by atoms with Gasteiger partial charge in [0.25, 0.3) is 5.91 Å². The molecule has 1 atom stereocenters. The average Bonchev–Trinajstić information content (AvgIpc) is 3.32. The van der Waals surface area contributed by atoms with Gasteiger partial charge in [-0.1, -0.05) is 58.4 Å². The molecule has 8 heteroatoms. The summed E-state index contributed by atoms with van der Waals surface area (Å²) in [6.07, 6.45) is 1.88. The monoisotopic (exact) mass is 512 g/mol. The zero-order valence-electron chi connectivity index (χ0n) is 16.1. The summed E-state index contributed by atoms with van der Waals surface area (Å²) in [4.78, 5) is 28.0. The van der Waals surface area contributed by atoms with Crippen molar-refractivity contribution in [3.8, 4) is 10.4 Å². The standard InChI is InChI=1S/C23H17BrN2O3S2/c24-16-8-6-15(7-9-16)20-11-10-17(31-20)13-18-21(27)26(23(30)25-18)19(22(28)29)12-14-4-2-1-3-5-14/h1-11,13,19H,12H2,(H,25,30)(H,28,29)/b18-13-. The molecule has 2 aromatic carbocycles. The van der Waals surface area contributed by atoms with Gasteiger partial charge in [-0.25, -0.2) is 4.79 Å². The second kappa shape index (κ2) is 9.13. The van der Waals surface area contributed by atoms with Crippen molar-refractivity contribution < 1.29 is 14.7 Å². The van der Waals surface area contributed by atoms with Crippen LogP contribution in [0.4, 0.5) is 0 Å². The van der Waals surface area contributed by atoms with Gasteiger partial charge in [-0.2, -0.15) is 0 Å². The van der Waals surface area contributed by atoms with Crippen molar-refractivity contribution >= 4 is 62.5 Å². The molecule has 1 saturated heterocycles. The zero-order chi connectivity index (χ0) is 22.0. The van der Waals surface area contributed by atoms with Crippen LogP contribution in [0, 0.1) is 0 Å². The van der Waals surface area contributed by atoms with Gasteiger partial charge < -0.3 is 10.4 Å². The number of rotatable bonds is 6. The van der Waals surface area contributed by atoms with E-state index in [2.05, 4.69) is 21.2 Å². The number of halogens is 1. The highest BCUT2D eigenvalue weighted by molar-refractivity contribution is 9.10. The molecule has 0 saturated carbocycles. The van der Waals surface area contributed by atoms with E-state index in [-0.39, 0.29) is 17.2 Å². The minimum absolute atomic E-state index is 0.101. The molecule has 1 fully saturated rings. The van der Waals surface area contributed by atoms with E-state index in [4.69, 9.17) is 12.2 Å². The van der Waals surface area contributed by atoms with Crippen LogP contribution in [0.5, 0.6) is 0 Å². The first-order chi connectivity index (χ1) is 14.9. The molecule has 4 rings (SSSR count). The Balaban J connectivity index is 1.56. The Morgan fingerprint density at radius 1 is 1.13 bits per heavy atom. The number of carbonyl (C=O) groups is 2. The molecule has 1 aliphatic rings. The van der Waals surface area contributed by atoms with Crippen LogP contribution in [-0.2, 0) is 16.0 Å². The number of carboxylic acids is 1. The SMILES string of the molecule is O=C(O)C(Cc1ccccc1)N1C(=O)/C(=C/c2ccc(-c3ccc(Br)cc3)s2)NC1=S. The van der Waals surface area contributed by atoms with Gasteiger partial charge in [0.15, 0.2) is 5.11 Å². The average molecular weight is 513 g/mol. The number of nitrogens with one attached hydrogen (secondary N) is 1. The van der Waals surface area contributed by atoms with Crippen molar-refractivity contribution in [2.45, 2.75) is 12.5 Å². The molecule has 2 heterocycles. The molecule has 31 heavy (non-hydrogen) atoms. The van der Waals surface area contributed by atoms with Gasteiger partial charge >= 0.3 is 5.97 Å². The Labute approximate surface area is 197 Å². The van der Waals surface area contributed by atoms with Crippen LogP contribution >= 0.6 is 39.5 Å². The summed E-state index contributed by atoms with van der Waals surface area (Å²) >= 11 is 10.3. The fraction of sp³-hybridized carbons (Fsp3) is 0.0870. The lowest BCUT2D eigenvalue weighted by atomic mass is 10.0. The molecule has 1 aliphatic heterocycles. The van der Waals surface area contributed by atoms with Gasteiger partial charge in [-0.15, -0.1) is 11.3 Å². The number of thiocarbonyl (C=S) groups is 1. The second-order valence-corrected chi connectivity index (χ2v) is 9.33. The number of carboxylic acid groups (broad SMARTS) is 1. The van der Waals surface area contributed by atoms with Crippen LogP contribution in [0.3, 0.4) is 0 Å². The van der Waals surface area contributed by atoms with Crippen LogP contribution in [0.25, 0.3) is 16.5 Å². The lowest BCUT2D eigenvalue weighted by Gasteiger charge is -2.22. The molecular weight excluding hydrogens is 496 g/mol. The van der Waals surface area contributed by atoms with Crippen LogP contribution < -0.4 is 5.32 Å². The second-order valence-electron chi connectivity index (χ2n) is 6.92. The van der Waals surface area contributed by atoms with Crippen molar-refractivity contribution in [3.63, 3.8) is 0 Å². The van der Waals surface area contributed by atoms with E-state index < -0.39 is 17.9 Å². The van der Waals surface area contributed by atoms with Crippen LogP contribution in [0.2, 0.25) is 0 Å². The van der Waals surface area contributed by atoms with E-state index in [9.17, 15) is 14.7 Å². The summed E-state index contributed by atoms with van der Waals surface area (Å²) in [6.45, 7) is 0. The molecule has 1 amide bonds. The third-order valence-corrected chi connectivity index (χ3v) is 6.73. The highest BCUT2D eigenvalue weighted by Crippen LogP contribution is 2.31. The van der Waals surface area contributed by atoms with Crippen LogP contribution in [0.1, 0.15) is 10.4 Å². The summed E-state index contributed by atoms with van der Waals surface area (Å²) in [6, 6.07) is 20.0. The first-order valence-corrected chi connectivity index (χ1v) is 11.4. The molecule has 3 aromatic rings. The fourth-order valence-electron chi connectivity index (χ4n) is 3.30. The molecular formula is C23H17BrN2O3S2. The highest BCUT2D eigenvalue weighted by Gasteiger charge is 2.39. The summed E-state index contributed by atoms with van der Waals surface area (Å²) in [7, 11) is 0. The van der Waals surface area contributed by atoms with Crippen molar-refractivity contribution in [1.82, 2.24) is 10.2 Å². The number of hydrogen-bond donors (Lipinski definition) is 2. The molecule has 0 bridgehead atoms. The quantitative estimate of drug-likeness (QED) is 0.362. The summed E-state index contributed by atoms with van der Waals surface area (Å²) in [5, 5.41) is 12.7. The number of thiophene rings is 1. The molecule has 2 N–H and O–H groups in total. The molecule has 0 spiro atoms. The van der Waals surface area contributed by atoms with Crippen LogP contribution in [0.15, 0.2) is 76.9 Å². The normalized spacial score (nSPS) is 15.9. The first kappa shape index (κ1) is 21.4. The van der Waals surface area contributed by atoms with E-state index in [0.29, 0.717) is 0 Å². The van der Waals surface area contributed by atoms with Gasteiger partial charge in [0.2, 0.25) is 0 Å². The maximum absolute atomic E-state index is 13.0. The molecule has 156 valence electrons. The van der Waals surface area contributed by atoms with Gasteiger partial charge in [0.05, 0.1) is 0 Å². The topological polar surface area (TPSA) is 69.6 Å². The number of nitrogens with zero attached hydrogens (tertiary/aromatic N) is 1. The Hall–Kier alpha value is -2.81. The Bertz CT molecular complexity index is 1170. The van der Waals surface area contributed by atoms with Crippen molar-refractivity contribution in [1.29, 1.82) is 0 Å². The van der Waals surface area contributed by atoms with Crippen molar-refractivity contribution in [2.24, 2.45) is 0 Å². The maximum atomic E-state index is 13.0. The summed E-state index contributed by atoms with van der Waals surface area (Å²) in [5.41, 5.74) is 2.17. The molecule has 0 aliphatic carbocycles. The lowest BCUT2D eigenvalue weighted by molar-refractivity contribution is -0.145. The smallest absolute Gasteiger partial charge is 0.327 e. The molecule has 0 radical (unpaired) electrons. The number of aliphatic carboxylic acids is 1. The van der Waals surface area contributed by atoms with E-state index in [1.807, 2.05) is 66.7 Å². The van der Waals surface area contributed by atoms with Crippen molar-refractivity contribution in [3.05, 3.63) is 87.3 Å². The Kier molecular flexibility index (Phi) is 6.31. The van der Waals surface area contributed by atoms with E-state index in [1.54, 1.807) is 6.08 Å². The van der Waals surface area contributed by atoms with E-state index >= 15 is 0 Å². The Morgan fingerprint density at radius 2 is 1.84 bits per heavy atom. The predicted molar refractivity (Wildman–Crippen MR) is 130 cm³/mol. The first-order valence-electron chi connectivity index (χ1n) is 9.41. The predicted octanol–water partition coefficient (Wildman–Crippen LogP) is 4.93. The lowest BCUT2D eigenvalue weighted by Crippen LogP contribution is -2.46. The molecule has 1 aromatic heterocycles. The number of carbonyl (C=O) groups excluding carboxylic acids is 1. The number of hydrogen-bond acceptors (Lipinski definition) is 4. The third kappa shape index (κ3) is 4.76. The van der Waals surface area contributed by atoms with E-state index in [0.717, 1.165) is 30.3 Å². The maximum Gasteiger partial charge on any atom is 0.327 e. The highest BCUT2D eigenvalue weighted by atomic mass is 79.9. The minimum atomic E-state index is -1.10. The third-order valence-electron chi connectivity index (χ3n) is 4.82. The summed E-state index contributed by atoms with van der Waals surface area (Å²) < 4.78 is 1.01. The van der Waals surface area contributed by atoms with E-state index in [1.165, 1.54) is 11.3 Å². The molecule has 1 unspecified atom stereocenters. The fourth-order valence-corrected chi connectivity index (χ4v) is 4.84. The van der Waals surface area contributed by atoms with Gasteiger partial charge in [0, 0.05) is 20.6 Å². The minimum Gasteiger partial charge on any atom is -0.480 e. The zero-order valence-corrected chi connectivity index (χ0v) is 19.3. The van der Waals surface area contributed by atoms with Gasteiger partial charge in [-0.05, 0) is 53.7 Å². The van der Waals surface area contributed by atoms with Gasteiger partial charge in [-0.3, -0.25) is 9.69 Å². The number of amides is 1. The van der Waals surface area contributed by atoms with Gasteiger partial charge in [0.1, 0.15) is 11.7 Å². The largest absolute Gasteiger partial charge is 0.480 e. The van der Waals surface area contributed by atoms with Crippen LogP contribution in [-0.4, -0.2) is 33.0 Å². The number of benzene rings is 2. The Morgan fingerprint density at radius 3 is 2.52 bits per heavy atom. The van der Waals surface area contributed by atoms with Crippen molar-refractivity contribution in [2.75, 3.05) is 0 Å². The molecule has 5 nitrogen and oxygen atoms in total.